The van der Waals surface area contributed by atoms with E-state index in [0.717, 1.165) is 0 Å². The van der Waals surface area contributed by atoms with Crippen LogP contribution in [-0.4, -0.2) is 0 Å². The van der Waals surface area contributed by atoms with Crippen LogP contribution in [-0.2, 0) is 38.5 Å². The van der Waals surface area contributed by atoms with Gasteiger partial charge in [0.25, 0.3) is 0 Å². The Hall–Kier alpha value is -1.80. The SMILES string of the molecule is CCCCCCCCCCCCc1csc(-c2sc(-c3sc(-c4sc(-c5sc(-c6sccc6CCCCCCCCCCCC)cc5CCCCCCCCCCCC)cc4CCCCCCCCCCCC)cc3CCCCCCCCCCCC)cc2CCCCCCCCCCCC)c1. The smallest absolute Gasteiger partial charge is 0.0481 e. The quantitative estimate of drug-likeness (QED) is 0.0334. The molecule has 0 saturated carbocycles. The van der Waals surface area contributed by atoms with Gasteiger partial charge in [0.2, 0.25) is 0 Å². The average molecular weight is 1500 g/mol. The molecule has 0 unspecified atom stereocenters. The highest BCUT2D eigenvalue weighted by Gasteiger charge is 2.24. The van der Waals surface area contributed by atoms with Gasteiger partial charge in [-0.15, -0.1) is 68.0 Å². The lowest BCUT2D eigenvalue weighted by molar-refractivity contribution is 0.556. The van der Waals surface area contributed by atoms with Gasteiger partial charge < -0.3 is 0 Å². The molecule has 0 aromatic carbocycles. The van der Waals surface area contributed by atoms with Gasteiger partial charge >= 0.3 is 0 Å². The molecule has 6 heterocycles. The maximum atomic E-state index is 2.78. The van der Waals surface area contributed by atoms with E-state index in [4.69, 9.17) is 0 Å². The molecule has 578 valence electrons. The van der Waals surface area contributed by atoms with Gasteiger partial charge in [-0.05, 0) is 158 Å². The maximum absolute atomic E-state index is 2.78. The van der Waals surface area contributed by atoms with Crippen LogP contribution in [0.1, 0.15) is 460 Å². The summed E-state index contributed by atoms with van der Waals surface area (Å²) >= 11 is 12.8. The zero-order valence-electron chi connectivity index (χ0n) is 67.7. The number of unbranched alkanes of at least 4 members (excludes halogenated alkanes) is 54. The molecule has 0 fully saturated rings. The lowest BCUT2D eigenvalue weighted by Gasteiger charge is -2.04. The molecular formula is C96H158S6. The van der Waals surface area contributed by atoms with Crippen molar-refractivity contribution in [3.05, 3.63) is 80.5 Å². The molecule has 0 aliphatic carbocycles. The zero-order valence-corrected chi connectivity index (χ0v) is 72.6. The van der Waals surface area contributed by atoms with E-state index < -0.39 is 0 Å². The van der Waals surface area contributed by atoms with Crippen molar-refractivity contribution in [1.29, 1.82) is 0 Å². The van der Waals surface area contributed by atoms with Crippen LogP contribution in [0, 0.1) is 0 Å². The molecule has 0 aliphatic heterocycles. The number of rotatable bonds is 71. The minimum absolute atomic E-state index is 1.20. The van der Waals surface area contributed by atoms with E-state index in [1.165, 1.54) is 424 Å². The minimum Gasteiger partial charge on any atom is -0.143 e. The molecule has 0 atom stereocenters. The first-order valence-electron chi connectivity index (χ1n) is 45.2. The Balaban J connectivity index is 1.33. The molecular weight excluding hydrogens is 1350 g/mol. The van der Waals surface area contributed by atoms with Gasteiger partial charge in [0.05, 0.1) is 0 Å². The summed E-state index contributed by atoms with van der Waals surface area (Å²) in [5.74, 6) is 0. The van der Waals surface area contributed by atoms with Crippen LogP contribution < -0.4 is 0 Å². The van der Waals surface area contributed by atoms with Gasteiger partial charge in [-0.2, -0.15) is 0 Å². The fraction of sp³-hybridized carbons (Fsp3) is 0.750. The monoisotopic (exact) mass is 1500 g/mol. The molecule has 0 amide bonds. The van der Waals surface area contributed by atoms with Crippen molar-refractivity contribution in [2.24, 2.45) is 0 Å². The van der Waals surface area contributed by atoms with Crippen LogP contribution in [0.3, 0.4) is 0 Å². The highest BCUT2D eigenvalue weighted by atomic mass is 32.1. The van der Waals surface area contributed by atoms with Crippen molar-refractivity contribution in [2.45, 2.75) is 465 Å². The summed E-state index contributed by atoms with van der Waals surface area (Å²) in [7, 11) is 0. The molecule has 6 aromatic heterocycles. The first-order valence-corrected chi connectivity index (χ1v) is 50.2. The van der Waals surface area contributed by atoms with Gasteiger partial charge in [0.1, 0.15) is 0 Å². The van der Waals surface area contributed by atoms with Crippen molar-refractivity contribution in [3.63, 3.8) is 0 Å². The summed E-state index contributed by atoms with van der Waals surface area (Å²) in [6.07, 6.45) is 91.1. The second-order valence-electron chi connectivity index (χ2n) is 32.0. The lowest BCUT2D eigenvalue weighted by atomic mass is 10.0. The number of thiophene rings is 6. The highest BCUT2D eigenvalue weighted by Crippen LogP contribution is 2.52. The number of hydrogen-bond acceptors (Lipinski definition) is 6. The van der Waals surface area contributed by atoms with E-state index in [1.807, 2.05) is 11.3 Å². The summed E-state index contributed by atoms with van der Waals surface area (Å²) in [4.78, 5) is 15.8. The molecule has 0 spiro atoms. The Labute approximate surface area is 657 Å². The van der Waals surface area contributed by atoms with Crippen LogP contribution in [0.2, 0.25) is 0 Å². The Morgan fingerprint density at radius 3 is 0.647 bits per heavy atom. The topological polar surface area (TPSA) is 0 Å². The van der Waals surface area contributed by atoms with Crippen LogP contribution >= 0.6 is 68.0 Å². The van der Waals surface area contributed by atoms with Crippen molar-refractivity contribution < 1.29 is 0 Å². The summed E-state index contributed by atoms with van der Waals surface area (Å²) in [5.41, 5.74) is 9.77. The van der Waals surface area contributed by atoms with E-state index in [-0.39, 0.29) is 0 Å². The third-order valence-corrected chi connectivity index (χ3v) is 30.1. The highest BCUT2D eigenvalue weighted by molar-refractivity contribution is 7.30. The van der Waals surface area contributed by atoms with E-state index in [9.17, 15) is 0 Å². The second kappa shape index (κ2) is 60.1. The van der Waals surface area contributed by atoms with Crippen molar-refractivity contribution in [2.75, 3.05) is 0 Å². The van der Waals surface area contributed by atoms with Crippen LogP contribution in [0.15, 0.2) is 47.2 Å². The first-order chi connectivity index (χ1) is 50.5. The zero-order chi connectivity index (χ0) is 71.8. The molecule has 0 radical (unpaired) electrons. The largest absolute Gasteiger partial charge is 0.143 e. The van der Waals surface area contributed by atoms with Crippen LogP contribution in [0.25, 0.3) is 48.8 Å². The predicted molar refractivity (Wildman–Crippen MR) is 474 cm³/mol. The van der Waals surface area contributed by atoms with Crippen molar-refractivity contribution >= 4 is 68.0 Å². The summed E-state index contributed by atoms with van der Waals surface area (Å²) < 4.78 is 0. The van der Waals surface area contributed by atoms with Crippen LogP contribution in [0.4, 0.5) is 0 Å². The third kappa shape index (κ3) is 37.5. The minimum atomic E-state index is 1.20. The van der Waals surface area contributed by atoms with Crippen molar-refractivity contribution in [3.8, 4) is 48.8 Å². The standard InChI is InChI=1S/C96H158S6/c1-7-13-19-25-31-37-43-49-55-61-67-81-75-87(98-80-81)93-83(69-63-57-51-45-39-33-27-21-15-9-3)77-89(100-93)95-85(71-65-59-53-47-41-35-29-23-17-11-5)79-91(102-95)96-86(72-66-60-54-48-42-36-30-24-18-12-6)78-90(101-96)94-84(70-64-58-52-46-40-34-28-22-16-10-4)76-88(99-94)92-82(73-74-97-92)68-62-56-50-44-38-32-26-20-14-8-2/h73-80H,7-72H2,1-6H3. The molecule has 6 rings (SSSR count). The normalized spacial score (nSPS) is 11.9. The molecule has 0 bridgehead atoms. The molecule has 0 saturated heterocycles. The number of hydrogen-bond donors (Lipinski definition) is 0. The lowest BCUT2D eigenvalue weighted by Crippen LogP contribution is -1.88. The molecule has 6 heteroatoms. The van der Waals surface area contributed by atoms with Gasteiger partial charge in [-0.25, -0.2) is 0 Å². The molecule has 102 heavy (non-hydrogen) atoms. The van der Waals surface area contributed by atoms with Gasteiger partial charge in [0.15, 0.2) is 0 Å². The fourth-order valence-electron chi connectivity index (χ4n) is 15.9. The number of aryl methyl sites for hydroxylation is 6. The first kappa shape index (κ1) is 89.1. The summed E-state index contributed by atoms with van der Waals surface area (Å²) in [6.45, 7) is 14.1. The second-order valence-corrected chi connectivity index (χ2v) is 38.1. The maximum Gasteiger partial charge on any atom is 0.0481 e. The van der Waals surface area contributed by atoms with E-state index in [0.29, 0.717) is 0 Å². The fourth-order valence-corrected chi connectivity index (χ4v) is 23.4. The molecule has 0 N–H and O–H groups in total. The Morgan fingerprint density at radius 2 is 0.392 bits per heavy atom. The van der Waals surface area contributed by atoms with Gasteiger partial charge in [-0.3, -0.25) is 0 Å². The molecule has 0 nitrogen and oxygen atoms in total. The van der Waals surface area contributed by atoms with E-state index in [2.05, 4.69) is 145 Å². The van der Waals surface area contributed by atoms with E-state index in [1.54, 1.807) is 82.2 Å². The molecule has 6 aromatic rings. The summed E-state index contributed by atoms with van der Waals surface area (Å²) in [6, 6.07) is 16.2. The van der Waals surface area contributed by atoms with Gasteiger partial charge in [-0.1, -0.05) is 388 Å². The van der Waals surface area contributed by atoms with Crippen molar-refractivity contribution in [1.82, 2.24) is 0 Å². The predicted octanol–water partition coefficient (Wildman–Crippen LogP) is 37.2. The van der Waals surface area contributed by atoms with Crippen LogP contribution in [0.5, 0.6) is 0 Å². The van der Waals surface area contributed by atoms with E-state index >= 15 is 0 Å². The Morgan fingerprint density at radius 1 is 0.186 bits per heavy atom. The Kier molecular flexibility index (Phi) is 52.5. The average Bonchev–Trinajstić information content (AvgIpc) is 1.62. The van der Waals surface area contributed by atoms with Gasteiger partial charge in [0, 0.05) is 48.8 Å². The summed E-state index contributed by atoms with van der Waals surface area (Å²) in [5, 5.41) is 4.97. The third-order valence-electron chi connectivity index (χ3n) is 22.6. The Bertz CT molecular complexity index is 2870. The molecule has 0 aliphatic rings.